The highest BCUT2D eigenvalue weighted by Crippen LogP contribution is 2.38. The average Bonchev–Trinajstić information content (AvgIpc) is 2.73. The number of aromatic nitrogens is 2. The number of aryl methyl sites for hydroxylation is 1. The second-order valence-electron chi connectivity index (χ2n) is 8.70. The predicted molar refractivity (Wildman–Crippen MR) is 108 cm³/mol. The summed E-state index contributed by atoms with van der Waals surface area (Å²) in [5.41, 5.74) is 0.501. The molecule has 3 saturated heterocycles. The number of benzene rings is 1. The van der Waals surface area contributed by atoms with E-state index in [1.54, 1.807) is 6.07 Å². The summed E-state index contributed by atoms with van der Waals surface area (Å²) < 4.78 is 0. The minimum atomic E-state index is -0.160. The maximum Gasteiger partial charge on any atom is 0.258 e. The van der Waals surface area contributed by atoms with Crippen LogP contribution in [0.1, 0.15) is 37.9 Å². The van der Waals surface area contributed by atoms with E-state index in [1.807, 2.05) is 23.1 Å². The van der Waals surface area contributed by atoms with Gasteiger partial charge in [-0.3, -0.25) is 14.4 Å². The van der Waals surface area contributed by atoms with Crippen LogP contribution in [0.3, 0.4) is 0 Å². The highest BCUT2D eigenvalue weighted by Gasteiger charge is 2.44. The molecule has 29 heavy (non-hydrogen) atoms. The van der Waals surface area contributed by atoms with E-state index >= 15 is 0 Å². The smallest absolute Gasteiger partial charge is 0.258 e. The summed E-state index contributed by atoms with van der Waals surface area (Å²) in [6.07, 6.45) is 4.60. The number of amides is 2. The molecule has 2 bridgehead atoms. The van der Waals surface area contributed by atoms with Crippen LogP contribution in [0.25, 0.3) is 10.9 Å². The summed E-state index contributed by atoms with van der Waals surface area (Å²) in [5, 5.41) is 0.568. The molecule has 4 heterocycles. The van der Waals surface area contributed by atoms with Crippen LogP contribution in [-0.4, -0.2) is 57.3 Å². The third-order valence-electron chi connectivity index (χ3n) is 6.77. The van der Waals surface area contributed by atoms with Crippen molar-refractivity contribution in [1.82, 2.24) is 19.8 Å². The van der Waals surface area contributed by atoms with Gasteiger partial charge in [0.1, 0.15) is 5.82 Å². The standard InChI is InChI=1S/C22H26N4O3/c27-20(9-8-19-23-17-5-2-1-4-16(17)22(29)24-19)25-11-14-10-15(13-25)18-6-3-7-21(28)26(18)12-14/h1-2,4-5,14-15,18H,3,6-13H2,(H,23,24,29). The van der Waals surface area contributed by atoms with Crippen LogP contribution < -0.4 is 5.56 Å². The maximum absolute atomic E-state index is 12.9. The molecule has 0 saturated carbocycles. The first-order valence-electron chi connectivity index (χ1n) is 10.6. The molecule has 0 aliphatic carbocycles. The Balaban J connectivity index is 1.25. The summed E-state index contributed by atoms with van der Waals surface area (Å²) in [6.45, 7) is 2.27. The summed E-state index contributed by atoms with van der Waals surface area (Å²) in [4.78, 5) is 48.8. The predicted octanol–water partition coefficient (Wildman–Crippen LogP) is 1.72. The van der Waals surface area contributed by atoms with Crippen LogP contribution >= 0.6 is 0 Å². The summed E-state index contributed by atoms with van der Waals surface area (Å²) in [6, 6.07) is 7.55. The van der Waals surface area contributed by atoms with Crippen LogP contribution in [0, 0.1) is 11.8 Å². The van der Waals surface area contributed by atoms with Gasteiger partial charge in [0, 0.05) is 44.9 Å². The number of H-pyrrole nitrogens is 1. The third kappa shape index (κ3) is 3.43. The normalized spacial score (nSPS) is 26.5. The number of hydrogen-bond donors (Lipinski definition) is 1. The molecule has 3 fully saturated rings. The van der Waals surface area contributed by atoms with Gasteiger partial charge >= 0.3 is 0 Å². The molecule has 1 aromatic heterocycles. The third-order valence-corrected chi connectivity index (χ3v) is 6.77. The Morgan fingerprint density at radius 1 is 1.17 bits per heavy atom. The van der Waals surface area contributed by atoms with Crippen LogP contribution in [0.5, 0.6) is 0 Å². The van der Waals surface area contributed by atoms with Gasteiger partial charge in [0.05, 0.1) is 10.9 Å². The lowest BCUT2D eigenvalue weighted by Crippen LogP contribution is -2.61. The van der Waals surface area contributed by atoms with E-state index in [1.165, 1.54) is 0 Å². The second kappa shape index (κ2) is 7.28. The summed E-state index contributed by atoms with van der Waals surface area (Å²) in [5.74, 6) is 1.75. The van der Waals surface area contributed by atoms with Crippen LogP contribution in [-0.2, 0) is 16.0 Å². The lowest BCUT2D eigenvalue weighted by molar-refractivity contribution is -0.148. The Morgan fingerprint density at radius 3 is 2.93 bits per heavy atom. The topological polar surface area (TPSA) is 86.4 Å². The Labute approximate surface area is 169 Å². The number of para-hydroxylation sites is 1. The number of piperidine rings is 3. The van der Waals surface area contributed by atoms with Gasteiger partial charge < -0.3 is 14.8 Å². The fraction of sp³-hybridized carbons (Fsp3) is 0.545. The Kier molecular flexibility index (Phi) is 4.60. The molecule has 5 rings (SSSR count). The molecule has 3 aliphatic rings. The van der Waals surface area contributed by atoms with Crippen molar-refractivity contribution in [2.45, 2.75) is 44.6 Å². The number of likely N-dealkylation sites (tertiary alicyclic amines) is 1. The molecule has 7 nitrogen and oxygen atoms in total. The van der Waals surface area contributed by atoms with Gasteiger partial charge in [-0.15, -0.1) is 0 Å². The van der Waals surface area contributed by atoms with Gasteiger partial charge in [-0.1, -0.05) is 12.1 Å². The van der Waals surface area contributed by atoms with Crippen molar-refractivity contribution in [3.63, 3.8) is 0 Å². The number of hydrogen-bond acceptors (Lipinski definition) is 4. The van der Waals surface area contributed by atoms with Crippen LogP contribution in [0.15, 0.2) is 29.1 Å². The number of carbonyl (C=O) groups excluding carboxylic acids is 2. The second-order valence-corrected chi connectivity index (χ2v) is 8.70. The van der Waals surface area contributed by atoms with E-state index in [0.29, 0.717) is 59.8 Å². The summed E-state index contributed by atoms with van der Waals surface area (Å²) in [7, 11) is 0. The molecule has 3 atom stereocenters. The fourth-order valence-electron chi connectivity index (χ4n) is 5.45. The average molecular weight is 394 g/mol. The van der Waals surface area contributed by atoms with E-state index in [2.05, 4.69) is 14.9 Å². The van der Waals surface area contributed by atoms with E-state index < -0.39 is 0 Å². The number of aromatic amines is 1. The molecule has 1 N–H and O–H groups in total. The van der Waals surface area contributed by atoms with Crippen molar-refractivity contribution >= 4 is 22.7 Å². The zero-order chi connectivity index (χ0) is 20.0. The molecule has 2 aromatic rings. The van der Waals surface area contributed by atoms with Crippen molar-refractivity contribution in [2.24, 2.45) is 11.8 Å². The largest absolute Gasteiger partial charge is 0.342 e. The number of nitrogens with zero attached hydrogens (tertiary/aromatic N) is 3. The lowest BCUT2D eigenvalue weighted by atomic mass is 9.76. The molecule has 3 unspecified atom stereocenters. The highest BCUT2D eigenvalue weighted by molar-refractivity contribution is 5.79. The zero-order valence-corrected chi connectivity index (χ0v) is 16.5. The van der Waals surface area contributed by atoms with Gasteiger partial charge in [-0.05, 0) is 43.2 Å². The SMILES string of the molecule is O=C(CCc1nc2ccccc2c(=O)[nH]1)N1CC2CC(C1)C1CCCC(=O)N1C2. The van der Waals surface area contributed by atoms with Crippen molar-refractivity contribution in [3.05, 3.63) is 40.4 Å². The number of rotatable bonds is 3. The van der Waals surface area contributed by atoms with Crippen LogP contribution in [0.4, 0.5) is 0 Å². The van der Waals surface area contributed by atoms with Crippen molar-refractivity contribution in [1.29, 1.82) is 0 Å². The minimum absolute atomic E-state index is 0.117. The highest BCUT2D eigenvalue weighted by atomic mass is 16.2. The quantitative estimate of drug-likeness (QED) is 0.859. The first-order valence-corrected chi connectivity index (χ1v) is 10.6. The molecular formula is C22H26N4O3. The molecule has 0 spiro atoms. The monoisotopic (exact) mass is 394 g/mol. The van der Waals surface area contributed by atoms with Gasteiger partial charge in [0.15, 0.2) is 0 Å². The first kappa shape index (κ1) is 18.3. The van der Waals surface area contributed by atoms with Gasteiger partial charge in [-0.2, -0.15) is 0 Å². The number of fused-ring (bicyclic) bond motifs is 5. The maximum atomic E-state index is 12.9. The van der Waals surface area contributed by atoms with Gasteiger partial charge in [-0.25, -0.2) is 4.98 Å². The van der Waals surface area contributed by atoms with Crippen LogP contribution in [0.2, 0.25) is 0 Å². The summed E-state index contributed by atoms with van der Waals surface area (Å²) >= 11 is 0. The first-order chi connectivity index (χ1) is 14.1. The van der Waals surface area contributed by atoms with Gasteiger partial charge in [0.25, 0.3) is 5.56 Å². The lowest BCUT2D eigenvalue weighted by Gasteiger charge is -2.52. The van der Waals surface area contributed by atoms with E-state index in [4.69, 9.17) is 0 Å². The van der Waals surface area contributed by atoms with Crippen molar-refractivity contribution in [3.8, 4) is 0 Å². The Hall–Kier alpha value is -2.70. The number of carbonyl (C=O) groups is 2. The molecule has 2 amide bonds. The molecule has 1 aromatic carbocycles. The van der Waals surface area contributed by atoms with E-state index in [9.17, 15) is 14.4 Å². The number of nitrogens with one attached hydrogen (secondary N) is 1. The molecule has 152 valence electrons. The minimum Gasteiger partial charge on any atom is -0.342 e. The molecule has 3 aliphatic heterocycles. The fourth-order valence-corrected chi connectivity index (χ4v) is 5.45. The van der Waals surface area contributed by atoms with Gasteiger partial charge in [0.2, 0.25) is 11.8 Å². The van der Waals surface area contributed by atoms with Crippen molar-refractivity contribution < 1.29 is 9.59 Å². The van der Waals surface area contributed by atoms with Crippen molar-refractivity contribution in [2.75, 3.05) is 19.6 Å². The Bertz CT molecular complexity index is 1020. The molecular weight excluding hydrogens is 368 g/mol. The van der Waals surface area contributed by atoms with E-state index in [0.717, 1.165) is 38.9 Å². The molecule has 0 radical (unpaired) electrons. The zero-order valence-electron chi connectivity index (χ0n) is 16.5. The Morgan fingerprint density at radius 2 is 2.03 bits per heavy atom. The molecule has 7 heteroatoms. The van der Waals surface area contributed by atoms with E-state index in [-0.39, 0.29) is 11.5 Å².